The maximum atomic E-state index is 12.5. The lowest BCUT2D eigenvalue weighted by molar-refractivity contribution is -0.172. The normalized spacial score (nSPS) is 14.0. The van der Waals surface area contributed by atoms with Crippen LogP contribution in [-0.2, 0) is 14.3 Å². The number of likely N-dealkylation sites (N-methyl/N-ethyl adjacent to an activating group) is 1. The molecule has 29 heavy (non-hydrogen) atoms. The molecule has 1 unspecified atom stereocenters. The van der Waals surface area contributed by atoms with Crippen molar-refractivity contribution in [3.8, 4) is 0 Å². The number of hydrogen-bond donors (Lipinski definition) is 1. The number of amides is 2. The van der Waals surface area contributed by atoms with Crippen LogP contribution in [0.15, 0.2) is 0 Å². The zero-order valence-corrected chi connectivity index (χ0v) is 20.2. The van der Waals surface area contributed by atoms with Gasteiger partial charge in [-0.3, -0.25) is 9.59 Å². The molecule has 0 rings (SSSR count). The summed E-state index contributed by atoms with van der Waals surface area (Å²) in [5.41, 5.74) is -1.59. The molecule has 0 saturated carbocycles. The molecule has 6 nitrogen and oxygen atoms in total. The van der Waals surface area contributed by atoms with Crippen LogP contribution in [0, 0.1) is 11.3 Å². The Labute approximate surface area is 179 Å². The van der Waals surface area contributed by atoms with Gasteiger partial charge in [0.25, 0.3) is 0 Å². The van der Waals surface area contributed by atoms with Gasteiger partial charge in [0.15, 0.2) is 5.72 Å². The van der Waals surface area contributed by atoms with Crippen LogP contribution in [0.25, 0.3) is 0 Å². The van der Waals surface area contributed by atoms with E-state index in [0.717, 1.165) is 19.3 Å². The molecule has 1 atom stereocenters. The van der Waals surface area contributed by atoms with Crippen LogP contribution in [0.2, 0.25) is 0 Å². The Bertz CT molecular complexity index is 489. The molecule has 0 heterocycles. The van der Waals surface area contributed by atoms with Gasteiger partial charge in [-0.05, 0) is 39.5 Å². The largest absolute Gasteiger partial charge is 0.376 e. The second-order valence-electron chi connectivity index (χ2n) is 9.46. The van der Waals surface area contributed by atoms with E-state index >= 15 is 0 Å². The monoisotopic (exact) mass is 414 g/mol. The van der Waals surface area contributed by atoms with E-state index in [2.05, 4.69) is 27.7 Å². The van der Waals surface area contributed by atoms with E-state index in [1.807, 2.05) is 25.7 Å². The third kappa shape index (κ3) is 11.0. The standard InChI is InChI=1S/C23H46N2O4/c1-9-12-13-21(27)25(11-3)23(8,28)18-29-17-22(6,7)16-24(10-2)20(26)15-14-19(4)5/h19,28H,9-18H2,1-8H3. The SMILES string of the molecule is CCCCC(=O)N(CC)C(C)(O)COCC(C)(C)CN(CC)C(=O)CCC(C)C. The van der Waals surface area contributed by atoms with Gasteiger partial charge in [0.05, 0.1) is 13.2 Å². The van der Waals surface area contributed by atoms with E-state index in [1.165, 1.54) is 4.90 Å². The Hall–Kier alpha value is -1.14. The highest BCUT2D eigenvalue weighted by atomic mass is 16.5. The smallest absolute Gasteiger partial charge is 0.224 e. The maximum absolute atomic E-state index is 12.5. The first-order chi connectivity index (χ1) is 13.4. The fourth-order valence-corrected chi connectivity index (χ4v) is 3.36. The minimum atomic E-state index is -1.34. The molecule has 0 saturated heterocycles. The molecule has 6 heteroatoms. The van der Waals surface area contributed by atoms with Gasteiger partial charge >= 0.3 is 0 Å². The molecule has 2 amide bonds. The van der Waals surface area contributed by atoms with Crippen LogP contribution >= 0.6 is 0 Å². The summed E-state index contributed by atoms with van der Waals surface area (Å²) in [6.45, 7) is 18.1. The van der Waals surface area contributed by atoms with E-state index in [0.29, 0.717) is 45.0 Å². The highest BCUT2D eigenvalue weighted by Crippen LogP contribution is 2.21. The van der Waals surface area contributed by atoms with Crippen molar-refractivity contribution in [1.82, 2.24) is 9.80 Å². The fourth-order valence-electron chi connectivity index (χ4n) is 3.36. The van der Waals surface area contributed by atoms with Crippen molar-refractivity contribution in [3.05, 3.63) is 0 Å². The minimum absolute atomic E-state index is 0.0462. The summed E-state index contributed by atoms with van der Waals surface area (Å²) in [6.07, 6.45) is 3.67. The molecule has 0 aromatic carbocycles. The van der Waals surface area contributed by atoms with Gasteiger partial charge < -0.3 is 19.6 Å². The highest BCUT2D eigenvalue weighted by Gasteiger charge is 2.33. The van der Waals surface area contributed by atoms with Gasteiger partial charge in [-0.25, -0.2) is 0 Å². The van der Waals surface area contributed by atoms with Crippen LogP contribution < -0.4 is 0 Å². The number of ether oxygens (including phenoxy) is 1. The average molecular weight is 415 g/mol. The molecular weight excluding hydrogens is 368 g/mol. The summed E-state index contributed by atoms with van der Waals surface area (Å²) in [4.78, 5) is 28.2. The summed E-state index contributed by atoms with van der Waals surface area (Å²) in [5, 5.41) is 10.8. The molecular formula is C23H46N2O4. The van der Waals surface area contributed by atoms with Crippen molar-refractivity contribution in [2.45, 2.75) is 93.2 Å². The summed E-state index contributed by atoms with van der Waals surface area (Å²) < 4.78 is 5.84. The third-order valence-electron chi connectivity index (χ3n) is 5.10. The van der Waals surface area contributed by atoms with E-state index < -0.39 is 5.72 Å². The van der Waals surface area contributed by atoms with E-state index in [4.69, 9.17) is 4.74 Å². The van der Waals surface area contributed by atoms with Crippen molar-refractivity contribution in [3.63, 3.8) is 0 Å². The minimum Gasteiger partial charge on any atom is -0.376 e. The summed E-state index contributed by atoms with van der Waals surface area (Å²) in [5.74, 6) is 0.646. The Morgan fingerprint density at radius 2 is 1.59 bits per heavy atom. The van der Waals surface area contributed by atoms with Crippen LogP contribution in [0.4, 0.5) is 0 Å². The predicted molar refractivity (Wildman–Crippen MR) is 118 cm³/mol. The van der Waals surface area contributed by atoms with Crippen LogP contribution in [0.1, 0.15) is 87.5 Å². The first kappa shape index (κ1) is 27.9. The van der Waals surface area contributed by atoms with Crippen LogP contribution in [0.3, 0.4) is 0 Å². The number of carbonyl (C=O) groups excluding carboxylic acids is 2. The lowest BCUT2D eigenvalue weighted by Gasteiger charge is -2.38. The molecule has 0 aliphatic rings. The van der Waals surface area contributed by atoms with E-state index in [-0.39, 0.29) is 23.8 Å². The van der Waals surface area contributed by atoms with Crippen molar-refractivity contribution in [1.29, 1.82) is 0 Å². The molecule has 0 bridgehead atoms. The van der Waals surface area contributed by atoms with Gasteiger partial charge in [0, 0.05) is 37.9 Å². The second-order valence-corrected chi connectivity index (χ2v) is 9.46. The Balaban J connectivity index is 4.72. The first-order valence-corrected chi connectivity index (χ1v) is 11.3. The number of hydrogen-bond acceptors (Lipinski definition) is 4. The maximum Gasteiger partial charge on any atom is 0.224 e. The zero-order valence-electron chi connectivity index (χ0n) is 20.2. The number of unbranched alkanes of at least 4 members (excludes halogenated alkanes) is 1. The fraction of sp³-hybridized carbons (Fsp3) is 0.913. The van der Waals surface area contributed by atoms with Gasteiger partial charge in [-0.1, -0.05) is 41.0 Å². The Morgan fingerprint density at radius 1 is 0.966 bits per heavy atom. The van der Waals surface area contributed by atoms with Crippen molar-refractivity contribution < 1.29 is 19.4 Å². The number of rotatable bonds is 15. The lowest BCUT2D eigenvalue weighted by atomic mass is 9.93. The number of carbonyl (C=O) groups is 2. The molecule has 0 aromatic rings. The average Bonchev–Trinajstić information content (AvgIpc) is 2.62. The molecule has 0 aliphatic heterocycles. The molecule has 1 N–H and O–H groups in total. The first-order valence-electron chi connectivity index (χ1n) is 11.3. The number of nitrogens with zero attached hydrogens (tertiary/aromatic N) is 2. The van der Waals surface area contributed by atoms with Gasteiger partial charge in [0.2, 0.25) is 11.8 Å². The molecule has 0 radical (unpaired) electrons. The van der Waals surface area contributed by atoms with Crippen molar-refractivity contribution in [2.24, 2.45) is 11.3 Å². The molecule has 0 fully saturated rings. The third-order valence-corrected chi connectivity index (χ3v) is 5.10. The molecule has 0 spiro atoms. The summed E-state index contributed by atoms with van der Waals surface area (Å²) in [7, 11) is 0. The molecule has 172 valence electrons. The van der Waals surface area contributed by atoms with Gasteiger partial charge in [-0.15, -0.1) is 0 Å². The lowest BCUT2D eigenvalue weighted by Crippen LogP contribution is -2.53. The summed E-state index contributed by atoms with van der Waals surface area (Å²) >= 11 is 0. The van der Waals surface area contributed by atoms with Crippen LogP contribution in [-0.4, -0.2) is 65.3 Å². The summed E-state index contributed by atoms with van der Waals surface area (Å²) in [6, 6.07) is 0. The zero-order chi connectivity index (χ0) is 22.7. The van der Waals surface area contributed by atoms with Crippen molar-refractivity contribution in [2.75, 3.05) is 32.8 Å². The molecule has 0 aliphatic carbocycles. The number of aliphatic hydroxyl groups is 1. The van der Waals surface area contributed by atoms with Gasteiger partial charge in [-0.2, -0.15) is 0 Å². The van der Waals surface area contributed by atoms with E-state index in [1.54, 1.807) is 6.92 Å². The topological polar surface area (TPSA) is 70.1 Å². The molecule has 0 aromatic heterocycles. The second kappa shape index (κ2) is 13.2. The quantitative estimate of drug-likeness (QED) is 0.410. The highest BCUT2D eigenvalue weighted by molar-refractivity contribution is 5.77. The predicted octanol–water partition coefficient (Wildman–Crippen LogP) is 4.06. The van der Waals surface area contributed by atoms with Crippen molar-refractivity contribution >= 4 is 11.8 Å². The van der Waals surface area contributed by atoms with Gasteiger partial charge in [0.1, 0.15) is 0 Å². The van der Waals surface area contributed by atoms with Crippen LogP contribution in [0.5, 0.6) is 0 Å². The Kier molecular flexibility index (Phi) is 12.7. The Morgan fingerprint density at radius 3 is 2.07 bits per heavy atom. The van der Waals surface area contributed by atoms with E-state index in [9.17, 15) is 14.7 Å².